The average molecular weight is 227 g/mol. The minimum atomic E-state index is 0.142. The van der Waals surface area contributed by atoms with Crippen molar-refractivity contribution in [1.29, 1.82) is 0 Å². The van der Waals surface area contributed by atoms with Crippen LogP contribution >= 0.6 is 0 Å². The van der Waals surface area contributed by atoms with Crippen molar-refractivity contribution in [3.63, 3.8) is 0 Å². The summed E-state index contributed by atoms with van der Waals surface area (Å²) in [6.07, 6.45) is 0. The molecular weight excluding hydrogens is 210 g/mol. The second kappa shape index (κ2) is 5.51. The van der Waals surface area contributed by atoms with Gasteiger partial charge < -0.3 is 10.0 Å². The highest BCUT2D eigenvalue weighted by molar-refractivity contribution is 5.63. The fourth-order valence-electron chi connectivity index (χ4n) is 1.84. The first-order valence-corrected chi connectivity index (χ1v) is 5.81. The van der Waals surface area contributed by atoms with Gasteiger partial charge in [0.2, 0.25) is 0 Å². The van der Waals surface area contributed by atoms with Crippen molar-refractivity contribution in [2.45, 2.75) is 6.92 Å². The first-order valence-electron chi connectivity index (χ1n) is 5.81. The van der Waals surface area contributed by atoms with E-state index in [1.807, 2.05) is 18.2 Å². The molecule has 0 saturated carbocycles. The summed E-state index contributed by atoms with van der Waals surface area (Å²) in [5, 5.41) is 9.17. The number of anilines is 2. The standard InChI is InChI=1S/C15H17NO/c1-13-7-9-15(10-8-13)16(11-12-17)14-5-3-2-4-6-14/h2-10,17H,11-12H2,1H3. The number of hydrogen-bond acceptors (Lipinski definition) is 2. The summed E-state index contributed by atoms with van der Waals surface area (Å²) in [6, 6.07) is 18.4. The Balaban J connectivity index is 2.32. The van der Waals surface area contributed by atoms with Crippen LogP contribution < -0.4 is 4.90 Å². The molecule has 0 heterocycles. The average Bonchev–Trinajstić information content (AvgIpc) is 2.38. The van der Waals surface area contributed by atoms with Crippen molar-refractivity contribution in [1.82, 2.24) is 0 Å². The molecule has 0 aromatic heterocycles. The van der Waals surface area contributed by atoms with E-state index in [9.17, 15) is 5.11 Å². The minimum absolute atomic E-state index is 0.142. The highest BCUT2D eigenvalue weighted by Crippen LogP contribution is 2.24. The Morgan fingerprint density at radius 1 is 0.882 bits per heavy atom. The first kappa shape index (κ1) is 11.7. The molecular formula is C15H17NO. The predicted molar refractivity (Wildman–Crippen MR) is 71.7 cm³/mol. The summed E-state index contributed by atoms with van der Waals surface area (Å²) in [4.78, 5) is 2.11. The van der Waals surface area contributed by atoms with Crippen molar-refractivity contribution in [2.75, 3.05) is 18.1 Å². The van der Waals surface area contributed by atoms with Gasteiger partial charge in [0.15, 0.2) is 0 Å². The van der Waals surface area contributed by atoms with Crippen molar-refractivity contribution < 1.29 is 5.11 Å². The van der Waals surface area contributed by atoms with Gasteiger partial charge in [0.1, 0.15) is 0 Å². The summed E-state index contributed by atoms with van der Waals surface area (Å²) in [5.41, 5.74) is 3.45. The monoisotopic (exact) mass is 227 g/mol. The van der Waals surface area contributed by atoms with Crippen LogP contribution in [0.5, 0.6) is 0 Å². The first-order chi connectivity index (χ1) is 8.31. The molecule has 0 fully saturated rings. The summed E-state index contributed by atoms with van der Waals surface area (Å²) in [7, 11) is 0. The van der Waals surface area contributed by atoms with Crippen LogP contribution in [0.1, 0.15) is 5.56 Å². The van der Waals surface area contributed by atoms with E-state index in [1.54, 1.807) is 0 Å². The van der Waals surface area contributed by atoms with Gasteiger partial charge in [-0.15, -0.1) is 0 Å². The molecule has 0 spiro atoms. The maximum Gasteiger partial charge on any atom is 0.0610 e. The van der Waals surface area contributed by atoms with E-state index in [2.05, 4.69) is 48.2 Å². The maximum absolute atomic E-state index is 9.17. The molecule has 2 nitrogen and oxygen atoms in total. The van der Waals surface area contributed by atoms with Crippen LogP contribution in [0.25, 0.3) is 0 Å². The van der Waals surface area contributed by atoms with Crippen LogP contribution in [0.4, 0.5) is 11.4 Å². The van der Waals surface area contributed by atoms with E-state index in [4.69, 9.17) is 0 Å². The van der Waals surface area contributed by atoms with Gasteiger partial charge in [0.05, 0.1) is 6.61 Å². The topological polar surface area (TPSA) is 23.5 Å². The van der Waals surface area contributed by atoms with E-state index in [0.717, 1.165) is 11.4 Å². The molecule has 2 aromatic rings. The summed E-state index contributed by atoms with van der Waals surface area (Å²) >= 11 is 0. The van der Waals surface area contributed by atoms with E-state index in [-0.39, 0.29) is 6.61 Å². The molecule has 0 aliphatic heterocycles. The number of aliphatic hydroxyl groups is 1. The van der Waals surface area contributed by atoms with Gasteiger partial charge in [-0.3, -0.25) is 0 Å². The van der Waals surface area contributed by atoms with Gasteiger partial charge >= 0.3 is 0 Å². The Hall–Kier alpha value is -1.80. The van der Waals surface area contributed by atoms with Crippen molar-refractivity contribution in [3.05, 3.63) is 60.2 Å². The summed E-state index contributed by atoms with van der Waals surface area (Å²) in [6.45, 7) is 2.82. The quantitative estimate of drug-likeness (QED) is 0.867. The predicted octanol–water partition coefficient (Wildman–Crippen LogP) is 3.13. The normalized spacial score (nSPS) is 10.2. The number of nitrogens with zero attached hydrogens (tertiary/aromatic N) is 1. The lowest BCUT2D eigenvalue weighted by atomic mass is 10.2. The fraction of sp³-hybridized carbons (Fsp3) is 0.200. The number of aliphatic hydroxyl groups excluding tert-OH is 1. The third-order valence-electron chi connectivity index (χ3n) is 2.74. The Bertz CT molecular complexity index is 450. The van der Waals surface area contributed by atoms with Gasteiger partial charge in [-0.1, -0.05) is 35.9 Å². The summed E-state index contributed by atoms with van der Waals surface area (Å²) < 4.78 is 0. The molecule has 0 saturated heterocycles. The fourth-order valence-corrected chi connectivity index (χ4v) is 1.84. The number of aryl methyl sites for hydroxylation is 1. The minimum Gasteiger partial charge on any atom is -0.395 e. The number of rotatable bonds is 4. The van der Waals surface area contributed by atoms with Crippen LogP contribution in [0.15, 0.2) is 54.6 Å². The molecule has 17 heavy (non-hydrogen) atoms. The molecule has 0 bridgehead atoms. The Kier molecular flexibility index (Phi) is 3.78. The van der Waals surface area contributed by atoms with Gasteiger partial charge in [0, 0.05) is 17.9 Å². The van der Waals surface area contributed by atoms with Gasteiger partial charge in [0.25, 0.3) is 0 Å². The third-order valence-corrected chi connectivity index (χ3v) is 2.74. The number of para-hydroxylation sites is 1. The van der Waals surface area contributed by atoms with E-state index >= 15 is 0 Å². The summed E-state index contributed by atoms with van der Waals surface area (Å²) in [5.74, 6) is 0. The van der Waals surface area contributed by atoms with Crippen LogP contribution in [-0.2, 0) is 0 Å². The van der Waals surface area contributed by atoms with Crippen molar-refractivity contribution >= 4 is 11.4 Å². The highest BCUT2D eigenvalue weighted by Gasteiger charge is 2.07. The highest BCUT2D eigenvalue weighted by atomic mass is 16.3. The maximum atomic E-state index is 9.17. The smallest absolute Gasteiger partial charge is 0.0610 e. The molecule has 0 radical (unpaired) electrons. The Labute approximate surface area is 102 Å². The zero-order valence-electron chi connectivity index (χ0n) is 10.0. The van der Waals surface area contributed by atoms with Crippen LogP contribution in [0.2, 0.25) is 0 Å². The van der Waals surface area contributed by atoms with Gasteiger partial charge in [-0.2, -0.15) is 0 Å². The second-order valence-electron chi connectivity index (χ2n) is 4.05. The van der Waals surface area contributed by atoms with Gasteiger partial charge in [-0.25, -0.2) is 0 Å². The Morgan fingerprint density at radius 2 is 1.47 bits per heavy atom. The lowest BCUT2D eigenvalue weighted by molar-refractivity contribution is 0.305. The van der Waals surface area contributed by atoms with Gasteiger partial charge in [-0.05, 0) is 31.2 Å². The molecule has 2 heteroatoms. The van der Waals surface area contributed by atoms with Crippen LogP contribution in [0, 0.1) is 6.92 Å². The van der Waals surface area contributed by atoms with Crippen LogP contribution in [-0.4, -0.2) is 18.3 Å². The zero-order chi connectivity index (χ0) is 12.1. The molecule has 0 atom stereocenters. The molecule has 2 rings (SSSR count). The number of hydrogen-bond donors (Lipinski definition) is 1. The molecule has 0 aliphatic rings. The molecule has 0 aliphatic carbocycles. The molecule has 1 N–H and O–H groups in total. The molecule has 2 aromatic carbocycles. The van der Waals surface area contributed by atoms with E-state index in [1.165, 1.54) is 5.56 Å². The third kappa shape index (κ3) is 2.86. The van der Waals surface area contributed by atoms with E-state index in [0.29, 0.717) is 6.54 Å². The molecule has 0 unspecified atom stereocenters. The SMILES string of the molecule is Cc1ccc(N(CCO)c2ccccc2)cc1. The lowest BCUT2D eigenvalue weighted by Gasteiger charge is -2.24. The van der Waals surface area contributed by atoms with Crippen LogP contribution in [0.3, 0.4) is 0 Å². The molecule has 0 amide bonds. The van der Waals surface area contributed by atoms with E-state index < -0.39 is 0 Å². The zero-order valence-corrected chi connectivity index (χ0v) is 10.0. The van der Waals surface area contributed by atoms with Crippen molar-refractivity contribution in [2.24, 2.45) is 0 Å². The lowest BCUT2D eigenvalue weighted by Crippen LogP contribution is -2.20. The molecule has 88 valence electrons. The largest absolute Gasteiger partial charge is 0.395 e. The second-order valence-corrected chi connectivity index (χ2v) is 4.05. The Morgan fingerprint density at radius 3 is 2.06 bits per heavy atom. The number of benzene rings is 2. The van der Waals surface area contributed by atoms with Crippen molar-refractivity contribution in [3.8, 4) is 0 Å².